The van der Waals surface area contributed by atoms with E-state index in [1.807, 2.05) is 12.5 Å². The summed E-state index contributed by atoms with van der Waals surface area (Å²) in [6, 6.07) is 0. The van der Waals surface area contributed by atoms with E-state index in [0.29, 0.717) is 0 Å². The van der Waals surface area contributed by atoms with Gasteiger partial charge in [-0.15, -0.1) is 0 Å². The van der Waals surface area contributed by atoms with Crippen molar-refractivity contribution in [3.05, 3.63) is 12.7 Å². The van der Waals surface area contributed by atoms with Gasteiger partial charge in [0.05, 0.1) is 0 Å². The van der Waals surface area contributed by atoms with Gasteiger partial charge in [0.15, 0.2) is 0 Å². The first-order valence-corrected chi connectivity index (χ1v) is 3.36. The molecule has 0 amide bonds. The van der Waals surface area contributed by atoms with E-state index in [9.17, 15) is 0 Å². The molecule has 1 radical (unpaired) electrons. The summed E-state index contributed by atoms with van der Waals surface area (Å²) in [6.07, 6.45) is 5.58. The number of thioether (sulfide) groups is 1. The molecular formula is C5H11CuLiS. The molecule has 49 valence electrons. The summed E-state index contributed by atoms with van der Waals surface area (Å²) in [7, 11) is 0. The SMILES string of the molecule is CSC.[CH-]=CC.[Cu+].[Li]. The monoisotopic (exact) mass is 173 g/mol. The molecule has 3 heteroatoms. The van der Waals surface area contributed by atoms with Crippen LogP contribution in [0.2, 0.25) is 0 Å². The van der Waals surface area contributed by atoms with Gasteiger partial charge in [0, 0.05) is 18.9 Å². The van der Waals surface area contributed by atoms with Crippen molar-refractivity contribution >= 4 is 30.6 Å². The van der Waals surface area contributed by atoms with Gasteiger partial charge in [-0.25, -0.2) is 0 Å². The minimum absolute atomic E-state index is 0. The zero-order valence-electron chi connectivity index (χ0n) is 5.86. The Kier molecular flexibility index (Phi) is 119. The van der Waals surface area contributed by atoms with Gasteiger partial charge in [-0.3, -0.25) is 6.08 Å². The zero-order chi connectivity index (χ0) is 5.41. The second-order valence-corrected chi connectivity index (χ2v) is 1.56. The quantitative estimate of drug-likeness (QED) is 0.396. The Morgan fingerprint density at radius 3 is 1.38 bits per heavy atom. The Labute approximate surface area is 79.5 Å². The van der Waals surface area contributed by atoms with Crippen LogP contribution >= 0.6 is 11.8 Å². The van der Waals surface area contributed by atoms with Crippen molar-refractivity contribution in [3.63, 3.8) is 0 Å². The predicted octanol–water partition coefficient (Wildman–Crippen LogP) is 1.59. The largest absolute Gasteiger partial charge is 1.00 e. The Bertz CT molecular complexity index is 26.4. The number of hydrogen-bond acceptors (Lipinski definition) is 1. The minimum Gasteiger partial charge on any atom is -0.518 e. The topological polar surface area (TPSA) is 0 Å². The van der Waals surface area contributed by atoms with Crippen molar-refractivity contribution in [1.82, 2.24) is 0 Å². The fourth-order valence-electron chi connectivity index (χ4n) is 0. The third-order valence-electron chi connectivity index (χ3n) is 0. The van der Waals surface area contributed by atoms with Crippen LogP contribution in [0, 0.1) is 6.58 Å². The second kappa shape index (κ2) is 41.4. The van der Waals surface area contributed by atoms with Gasteiger partial charge in [0.25, 0.3) is 0 Å². The molecule has 0 unspecified atom stereocenters. The Balaban J connectivity index is -0.0000000160. The second-order valence-electron chi connectivity index (χ2n) is 0.742. The zero-order valence-corrected chi connectivity index (χ0v) is 7.62. The predicted molar refractivity (Wildman–Crippen MR) is 39.7 cm³/mol. The van der Waals surface area contributed by atoms with Gasteiger partial charge in [0.1, 0.15) is 0 Å². The fraction of sp³-hybridized carbons (Fsp3) is 0.600. The average Bonchev–Trinajstić information content (AvgIpc) is 1.39. The van der Waals surface area contributed by atoms with E-state index in [1.54, 1.807) is 18.7 Å². The molecule has 0 nitrogen and oxygen atoms in total. The van der Waals surface area contributed by atoms with Crippen molar-refractivity contribution in [3.8, 4) is 0 Å². The number of rotatable bonds is 0. The molecule has 0 N–H and O–H groups in total. The summed E-state index contributed by atoms with van der Waals surface area (Å²) in [5.41, 5.74) is 0. The molecule has 0 spiro atoms. The van der Waals surface area contributed by atoms with Crippen molar-refractivity contribution in [2.75, 3.05) is 12.5 Å². The molecule has 0 aliphatic carbocycles. The molecule has 0 fully saturated rings. The Morgan fingerprint density at radius 2 is 1.38 bits per heavy atom. The Hall–Kier alpha value is 1.21. The summed E-state index contributed by atoms with van der Waals surface area (Å²) in [5.74, 6) is 0. The van der Waals surface area contributed by atoms with Crippen LogP contribution in [0.3, 0.4) is 0 Å². The van der Waals surface area contributed by atoms with Crippen molar-refractivity contribution < 1.29 is 17.1 Å². The minimum atomic E-state index is 0. The first-order valence-electron chi connectivity index (χ1n) is 1.73. The van der Waals surface area contributed by atoms with E-state index in [-0.39, 0.29) is 35.9 Å². The van der Waals surface area contributed by atoms with Crippen LogP contribution in [0.1, 0.15) is 6.92 Å². The summed E-state index contributed by atoms with van der Waals surface area (Å²) in [6.45, 7) is 6.50. The maximum absolute atomic E-state index is 4.72. The maximum Gasteiger partial charge on any atom is 1.00 e. The van der Waals surface area contributed by atoms with Gasteiger partial charge >= 0.3 is 17.1 Å². The molecule has 0 saturated carbocycles. The van der Waals surface area contributed by atoms with E-state index in [4.69, 9.17) is 6.58 Å². The molecule has 0 aromatic heterocycles. The standard InChI is InChI=1S/C3H5.C2H6S.Cu.Li/c2*1-3-2;;/h1,3H,2H3;1-2H3;;/q-1;;+1;. The third kappa shape index (κ3) is 191. The van der Waals surface area contributed by atoms with Crippen molar-refractivity contribution in [2.24, 2.45) is 0 Å². The number of allylic oxidation sites excluding steroid dienone is 1. The third-order valence-corrected chi connectivity index (χ3v) is 0. The molecule has 0 heterocycles. The van der Waals surface area contributed by atoms with Crippen LogP contribution in [0.25, 0.3) is 0 Å². The fourth-order valence-corrected chi connectivity index (χ4v) is 0. The summed E-state index contributed by atoms with van der Waals surface area (Å²) < 4.78 is 0. The van der Waals surface area contributed by atoms with E-state index >= 15 is 0 Å². The van der Waals surface area contributed by atoms with Gasteiger partial charge in [-0.05, 0) is 12.5 Å². The molecule has 0 saturated heterocycles. The van der Waals surface area contributed by atoms with Gasteiger partial charge < -0.3 is 6.58 Å². The van der Waals surface area contributed by atoms with Crippen LogP contribution in [-0.4, -0.2) is 31.4 Å². The van der Waals surface area contributed by atoms with Crippen LogP contribution < -0.4 is 0 Å². The first kappa shape index (κ1) is 22.9. The van der Waals surface area contributed by atoms with Crippen LogP contribution in [0.15, 0.2) is 6.08 Å². The van der Waals surface area contributed by atoms with Gasteiger partial charge in [0.2, 0.25) is 0 Å². The molecule has 0 aromatic carbocycles. The molecular weight excluding hydrogens is 163 g/mol. The number of hydrogen-bond donors (Lipinski definition) is 0. The first-order chi connectivity index (χ1) is 2.83. The molecule has 0 aliphatic heterocycles. The molecule has 0 rings (SSSR count). The van der Waals surface area contributed by atoms with Crippen LogP contribution in [0.5, 0.6) is 0 Å². The summed E-state index contributed by atoms with van der Waals surface area (Å²) in [5, 5.41) is 0. The molecule has 0 atom stereocenters. The summed E-state index contributed by atoms with van der Waals surface area (Å²) in [4.78, 5) is 0. The van der Waals surface area contributed by atoms with E-state index < -0.39 is 0 Å². The summed E-state index contributed by atoms with van der Waals surface area (Å²) >= 11 is 1.75. The van der Waals surface area contributed by atoms with Crippen LogP contribution in [0.4, 0.5) is 0 Å². The Morgan fingerprint density at radius 1 is 1.38 bits per heavy atom. The van der Waals surface area contributed by atoms with E-state index in [1.165, 1.54) is 6.08 Å². The van der Waals surface area contributed by atoms with Crippen molar-refractivity contribution in [1.29, 1.82) is 0 Å². The average molecular weight is 174 g/mol. The normalized spacial score (nSPS) is 3.88. The molecule has 0 aliphatic rings. The van der Waals surface area contributed by atoms with Crippen molar-refractivity contribution in [2.45, 2.75) is 6.92 Å². The van der Waals surface area contributed by atoms with E-state index in [2.05, 4.69) is 0 Å². The molecule has 8 heavy (non-hydrogen) atoms. The van der Waals surface area contributed by atoms with Gasteiger partial charge in [-0.1, -0.05) is 6.92 Å². The van der Waals surface area contributed by atoms with E-state index in [0.717, 1.165) is 0 Å². The van der Waals surface area contributed by atoms with Gasteiger partial charge in [-0.2, -0.15) is 11.8 Å². The molecule has 0 aromatic rings. The smallest absolute Gasteiger partial charge is 0.518 e. The molecule has 0 bridgehead atoms. The van der Waals surface area contributed by atoms with Crippen LogP contribution in [-0.2, 0) is 17.1 Å². The maximum atomic E-state index is 4.72.